The standard InChI is InChI=1S/C15H14FNO/c1-11-4-6-13(9-14(11)16)15(18)7-5-12-3-2-8-17-10-12/h2-4,6,8-10H,5,7H2,1H3. The van der Waals surface area contributed by atoms with Gasteiger partial charge in [0, 0.05) is 24.4 Å². The Hall–Kier alpha value is -2.03. The summed E-state index contributed by atoms with van der Waals surface area (Å²) in [7, 11) is 0. The minimum Gasteiger partial charge on any atom is -0.294 e. The monoisotopic (exact) mass is 243 g/mol. The molecule has 0 amide bonds. The molecule has 1 heterocycles. The van der Waals surface area contributed by atoms with E-state index in [9.17, 15) is 9.18 Å². The third-order valence-corrected chi connectivity index (χ3v) is 2.86. The van der Waals surface area contributed by atoms with Gasteiger partial charge in [-0.15, -0.1) is 0 Å². The lowest BCUT2D eigenvalue weighted by atomic mass is 10.0. The number of benzene rings is 1. The van der Waals surface area contributed by atoms with Crippen LogP contribution in [0.25, 0.3) is 0 Å². The van der Waals surface area contributed by atoms with E-state index in [-0.39, 0.29) is 11.6 Å². The van der Waals surface area contributed by atoms with Gasteiger partial charge in [0.1, 0.15) is 5.82 Å². The molecular formula is C15H14FNO. The molecule has 0 aliphatic rings. The smallest absolute Gasteiger partial charge is 0.163 e. The maximum atomic E-state index is 13.3. The largest absolute Gasteiger partial charge is 0.294 e. The molecule has 0 fully saturated rings. The van der Waals surface area contributed by atoms with E-state index in [0.29, 0.717) is 24.0 Å². The SMILES string of the molecule is Cc1ccc(C(=O)CCc2cccnc2)cc1F. The first-order valence-electron chi connectivity index (χ1n) is 5.85. The Kier molecular flexibility index (Phi) is 3.82. The van der Waals surface area contributed by atoms with Gasteiger partial charge in [0.25, 0.3) is 0 Å². The first kappa shape index (κ1) is 12.4. The van der Waals surface area contributed by atoms with Gasteiger partial charge in [-0.3, -0.25) is 9.78 Å². The summed E-state index contributed by atoms with van der Waals surface area (Å²) in [6.07, 6.45) is 4.43. The topological polar surface area (TPSA) is 30.0 Å². The first-order chi connectivity index (χ1) is 8.66. The molecule has 0 aliphatic carbocycles. The van der Waals surface area contributed by atoms with Gasteiger partial charge < -0.3 is 0 Å². The van der Waals surface area contributed by atoms with Crippen molar-refractivity contribution < 1.29 is 9.18 Å². The van der Waals surface area contributed by atoms with Crippen LogP contribution in [0.4, 0.5) is 4.39 Å². The van der Waals surface area contributed by atoms with Crippen LogP contribution in [-0.4, -0.2) is 10.8 Å². The van der Waals surface area contributed by atoms with E-state index in [1.54, 1.807) is 31.5 Å². The normalized spacial score (nSPS) is 10.3. The maximum absolute atomic E-state index is 13.3. The molecule has 0 radical (unpaired) electrons. The summed E-state index contributed by atoms with van der Waals surface area (Å²) in [4.78, 5) is 15.9. The third-order valence-electron chi connectivity index (χ3n) is 2.86. The van der Waals surface area contributed by atoms with Crippen molar-refractivity contribution >= 4 is 5.78 Å². The second-order valence-corrected chi connectivity index (χ2v) is 4.25. The molecule has 0 atom stereocenters. The Morgan fingerprint density at radius 2 is 2.17 bits per heavy atom. The Bertz CT molecular complexity index is 552. The van der Waals surface area contributed by atoms with E-state index >= 15 is 0 Å². The van der Waals surface area contributed by atoms with Crippen molar-refractivity contribution in [3.05, 3.63) is 65.2 Å². The Balaban J connectivity index is 2.02. The van der Waals surface area contributed by atoms with Crippen LogP contribution in [-0.2, 0) is 6.42 Å². The first-order valence-corrected chi connectivity index (χ1v) is 5.85. The van der Waals surface area contributed by atoms with Crippen molar-refractivity contribution in [1.82, 2.24) is 4.98 Å². The second kappa shape index (κ2) is 5.54. The lowest BCUT2D eigenvalue weighted by Gasteiger charge is -2.03. The van der Waals surface area contributed by atoms with Gasteiger partial charge in [-0.05, 0) is 36.6 Å². The molecule has 0 spiro atoms. The van der Waals surface area contributed by atoms with Gasteiger partial charge in [0.15, 0.2) is 5.78 Å². The van der Waals surface area contributed by atoms with E-state index in [2.05, 4.69) is 4.98 Å². The minimum absolute atomic E-state index is 0.0437. The van der Waals surface area contributed by atoms with Gasteiger partial charge in [-0.25, -0.2) is 4.39 Å². The lowest BCUT2D eigenvalue weighted by Crippen LogP contribution is -2.02. The predicted octanol–water partition coefficient (Wildman–Crippen LogP) is 3.34. The number of aryl methyl sites for hydroxylation is 2. The van der Waals surface area contributed by atoms with Crippen LogP contribution in [0.1, 0.15) is 27.9 Å². The second-order valence-electron chi connectivity index (χ2n) is 4.25. The van der Waals surface area contributed by atoms with Crippen LogP contribution in [0.3, 0.4) is 0 Å². The van der Waals surface area contributed by atoms with E-state index in [1.807, 2.05) is 12.1 Å². The van der Waals surface area contributed by atoms with Crippen molar-refractivity contribution in [2.75, 3.05) is 0 Å². The quantitative estimate of drug-likeness (QED) is 0.771. The van der Waals surface area contributed by atoms with Crippen molar-refractivity contribution in [3.8, 4) is 0 Å². The third kappa shape index (κ3) is 3.00. The molecule has 0 unspecified atom stereocenters. The number of Topliss-reactive ketones (excluding diaryl/α,β-unsaturated/α-hetero) is 1. The van der Waals surface area contributed by atoms with Crippen LogP contribution in [0, 0.1) is 12.7 Å². The highest BCUT2D eigenvalue weighted by Crippen LogP contribution is 2.12. The Morgan fingerprint density at radius 3 is 2.83 bits per heavy atom. The van der Waals surface area contributed by atoms with Gasteiger partial charge in [-0.2, -0.15) is 0 Å². The van der Waals surface area contributed by atoms with E-state index in [0.717, 1.165) is 5.56 Å². The molecule has 0 aliphatic heterocycles. The molecular weight excluding hydrogens is 229 g/mol. The summed E-state index contributed by atoms with van der Waals surface area (Å²) in [5.74, 6) is -0.375. The number of ketones is 1. The number of aromatic nitrogens is 1. The summed E-state index contributed by atoms with van der Waals surface area (Å²) in [5.41, 5.74) is 2.00. The number of pyridine rings is 1. The zero-order valence-electron chi connectivity index (χ0n) is 10.2. The average molecular weight is 243 g/mol. The van der Waals surface area contributed by atoms with Crippen LogP contribution in [0.15, 0.2) is 42.7 Å². The van der Waals surface area contributed by atoms with Gasteiger partial charge in [-0.1, -0.05) is 18.2 Å². The molecule has 92 valence electrons. The number of nitrogens with zero attached hydrogens (tertiary/aromatic N) is 1. The molecule has 1 aromatic carbocycles. The highest BCUT2D eigenvalue weighted by Gasteiger charge is 2.08. The van der Waals surface area contributed by atoms with Gasteiger partial charge >= 0.3 is 0 Å². The van der Waals surface area contributed by atoms with Crippen LogP contribution in [0.2, 0.25) is 0 Å². The summed E-state index contributed by atoms with van der Waals surface area (Å²) < 4.78 is 13.3. The molecule has 18 heavy (non-hydrogen) atoms. The fourth-order valence-electron chi connectivity index (χ4n) is 1.71. The number of rotatable bonds is 4. The van der Waals surface area contributed by atoms with E-state index in [1.165, 1.54) is 6.07 Å². The molecule has 2 nitrogen and oxygen atoms in total. The fraction of sp³-hybridized carbons (Fsp3) is 0.200. The zero-order chi connectivity index (χ0) is 13.0. The van der Waals surface area contributed by atoms with Crippen molar-refractivity contribution in [1.29, 1.82) is 0 Å². The molecule has 1 aromatic heterocycles. The van der Waals surface area contributed by atoms with E-state index < -0.39 is 0 Å². The summed E-state index contributed by atoms with van der Waals surface area (Å²) in [6, 6.07) is 8.37. The summed E-state index contributed by atoms with van der Waals surface area (Å²) >= 11 is 0. The summed E-state index contributed by atoms with van der Waals surface area (Å²) in [5, 5.41) is 0. The lowest BCUT2D eigenvalue weighted by molar-refractivity contribution is 0.0982. The molecule has 3 heteroatoms. The maximum Gasteiger partial charge on any atom is 0.163 e. The molecule has 0 bridgehead atoms. The number of carbonyl (C=O) groups excluding carboxylic acids is 1. The van der Waals surface area contributed by atoms with Crippen molar-refractivity contribution in [3.63, 3.8) is 0 Å². The van der Waals surface area contributed by atoms with Gasteiger partial charge in [0.2, 0.25) is 0 Å². The summed E-state index contributed by atoms with van der Waals surface area (Å²) in [6.45, 7) is 1.68. The highest BCUT2D eigenvalue weighted by atomic mass is 19.1. The molecule has 0 saturated carbocycles. The average Bonchev–Trinajstić information content (AvgIpc) is 2.40. The number of hydrogen-bond donors (Lipinski definition) is 0. The Morgan fingerprint density at radius 1 is 1.33 bits per heavy atom. The van der Waals surface area contributed by atoms with Crippen LogP contribution in [0.5, 0.6) is 0 Å². The predicted molar refractivity (Wildman–Crippen MR) is 68.0 cm³/mol. The zero-order valence-corrected chi connectivity index (χ0v) is 10.2. The molecule has 0 saturated heterocycles. The van der Waals surface area contributed by atoms with Crippen molar-refractivity contribution in [2.45, 2.75) is 19.8 Å². The van der Waals surface area contributed by atoms with Crippen molar-refractivity contribution in [2.24, 2.45) is 0 Å². The van der Waals surface area contributed by atoms with Crippen LogP contribution < -0.4 is 0 Å². The molecule has 2 aromatic rings. The highest BCUT2D eigenvalue weighted by molar-refractivity contribution is 5.96. The van der Waals surface area contributed by atoms with Crippen LogP contribution >= 0.6 is 0 Å². The van der Waals surface area contributed by atoms with E-state index in [4.69, 9.17) is 0 Å². The number of carbonyl (C=O) groups is 1. The minimum atomic E-state index is -0.331. The Labute approximate surface area is 105 Å². The number of hydrogen-bond acceptors (Lipinski definition) is 2. The molecule has 2 rings (SSSR count). The van der Waals surface area contributed by atoms with Gasteiger partial charge in [0.05, 0.1) is 0 Å². The molecule has 0 N–H and O–H groups in total. The number of halogens is 1. The fourth-order valence-corrected chi connectivity index (χ4v) is 1.71.